The predicted molar refractivity (Wildman–Crippen MR) is 105 cm³/mol. The van der Waals surface area contributed by atoms with Crippen LogP contribution < -0.4 is 16.0 Å². The van der Waals surface area contributed by atoms with E-state index in [2.05, 4.69) is 24.8 Å². The summed E-state index contributed by atoms with van der Waals surface area (Å²) in [5.41, 5.74) is 0.674. The van der Waals surface area contributed by atoms with Gasteiger partial charge in [0.15, 0.2) is 5.65 Å². The summed E-state index contributed by atoms with van der Waals surface area (Å²) in [6.45, 7) is 0. The van der Waals surface area contributed by atoms with Crippen LogP contribution in [0.2, 0.25) is 0 Å². The number of alkyl halides is 3. The molecule has 2 N–H and O–H groups in total. The zero-order valence-corrected chi connectivity index (χ0v) is 16.2. The van der Waals surface area contributed by atoms with Crippen molar-refractivity contribution in [2.75, 3.05) is 0 Å². The highest BCUT2D eigenvalue weighted by Gasteiger charge is 2.31. The monoisotopic (exact) mass is 449 g/mol. The number of hydrogen-bond acceptors (Lipinski definition) is 5. The summed E-state index contributed by atoms with van der Waals surface area (Å²) in [7, 11) is 0. The molecule has 0 bridgehead atoms. The Morgan fingerprint density at radius 3 is 2.47 bits per heavy atom. The van der Waals surface area contributed by atoms with Crippen LogP contribution in [0.1, 0.15) is 24.3 Å². The molecule has 1 fully saturated rings. The zero-order valence-electron chi connectivity index (χ0n) is 16.2. The van der Waals surface area contributed by atoms with E-state index in [-0.39, 0.29) is 11.3 Å². The molecule has 0 radical (unpaired) electrons. The number of imidazole rings is 1. The summed E-state index contributed by atoms with van der Waals surface area (Å²) >= 11 is 0. The number of aromatic nitrogens is 5. The standard InChI is InChI=1S/C13H10FN5O2.C7H5F3O/c14-10-5-15-11-7(6-1-2-6)3-9(18-19(10)11)8-4-16-13(21)17-12(8)20;8-7(9,10)11-6-4-2-1-3-5-6/h3-6H,1-2H2,(H2,16,17,20,21);1-5H. The van der Waals surface area contributed by atoms with Gasteiger partial charge in [-0.1, -0.05) is 18.2 Å². The molecule has 0 spiro atoms. The topological polar surface area (TPSA) is 105 Å². The van der Waals surface area contributed by atoms with E-state index < -0.39 is 23.6 Å². The maximum Gasteiger partial charge on any atom is 0.573 e. The molecule has 32 heavy (non-hydrogen) atoms. The first-order chi connectivity index (χ1) is 15.2. The van der Waals surface area contributed by atoms with Gasteiger partial charge in [0.2, 0.25) is 5.95 Å². The van der Waals surface area contributed by atoms with Crippen LogP contribution in [0.25, 0.3) is 16.9 Å². The van der Waals surface area contributed by atoms with Crippen molar-refractivity contribution < 1.29 is 22.3 Å². The van der Waals surface area contributed by atoms with E-state index in [1.165, 1.54) is 30.5 Å². The van der Waals surface area contributed by atoms with Crippen molar-refractivity contribution in [3.05, 3.63) is 81.1 Å². The molecule has 1 saturated carbocycles. The molecule has 8 nitrogen and oxygen atoms in total. The van der Waals surface area contributed by atoms with Crippen LogP contribution in [-0.4, -0.2) is 30.9 Å². The maximum absolute atomic E-state index is 13.8. The van der Waals surface area contributed by atoms with Crippen LogP contribution in [0.5, 0.6) is 5.75 Å². The Kier molecular flexibility index (Phi) is 5.51. The summed E-state index contributed by atoms with van der Waals surface area (Å²) in [6.07, 6.45) is -0.192. The summed E-state index contributed by atoms with van der Waals surface area (Å²) in [5.74, 6) is -0.465. The lowest BCUT2D eigenvalue weighted by atomic mass is 10.1. The maximum atomic E-state index is 13.8. The minimum Gasteiger partial charge on any atom is -0.406 e. The fourth-order valence-electron chi connectivity index (χ4n) is 3.01. The van der Waals surface area contributed by atoms with Gasteiger partial charge in [-0.15, -0.1) is 13.2 Å². The lowest BCUT2D eigenvalue weighted by Gasteiger charge is -2.07. The lowest BCUT2D eigenvalue weighted by molar-refractivity contribution is -0.274. The Morgan fingerprint density at radius 2 is 1.84 bits per heavy atom. The zero-order chi connectivity index (χ0) is 22.9. The van der Waals surface area contributed by atoms with E-state index in [9.17, 15) is 27.2 Å². The van der Waals surface area contributed by atoms with Crippen LogP contribution in [-0.2, 0) is 0 Å². The third-order valence-electron chi connectivity index (χ3n) is 4.54. The molecule has 0 amide bonds. The SMILES string of the molecule is FC(F)(F)Oc1ccccc1.O=c1[nH]cc(-c2cc(C3CC3)c3ncc(F)n3n2)c(=O)[nH]1. The highest BCUT2D eigenvalue weighted by molar-refractivity contribution is 5.62. The minimum absolute atomic E-state index is 0.187. The second-order valence-corrected chi connectivity index (χ2v) is 6.92. The van der Waals surface area contributed by atoms with Gasteiger partial charge in [-0.05, 0) is 37.0 Å². The van der Waals surface area contributed by atoms with Gasteiger partial charge in [0.05, 0.1) is 17.5 Å². The van der Waals surface area contributed by atoms with E-state index in [0.29, 0.717) is 17.3 Å². The average Bonchev–Trinajstić information content (AvgIpc) is 3.51. The smallest absolute Gasteiger partial charge is 0.406 e. The van der Waals surface area contributed by atoms with Crippen molar-refractivity contribution in [2.24, 2.45) is 0 Å². The van der Waals surface area contributed by atoms with Gasteiger partial charge < -0.3 is 9.72 Å². The molecule has 3 aromatic heterocycles. The summed E-state index contributed by atoms with van der Waals surface area (Å²) in [6, 6.07) is 8.79. The van der Waals surface area contributed by atoms with Crippen LogP contribution in [0.15, 0.2) is 58.4 Å². The summed E-state index contributed by atoms with van der Waals surface area (Å²) in [5, 5.41) is 4.10. The van der Waals surface area contributed by atoms with E-state index in [1.54, 1.807) is 12.1 Å². The molecule has 4 aromatic rings. The number of rotatable bonds is 3. The highest BCUT2D eigenvalue weighted by atomic mass is 19.4. The fraction of sp³-hybridized carbons (Fsp3) is 0.200. The van der Waals surface area contributed by atoms with Crippen molar-refractivity contribution in [2.45, 2.75) is 25.1 Å². The van der Waals surface area contributed by atoms with Gasteiger partial charge in [-0.25, -0.2) is 9.78 Å². The Balaban J connectivity index is 0.000000189. The van der Waals surface area contributed by atoms with E-state index in [0.717, 1.165) is 29.1 Å². The number of halogens is 4. The first kappa shape index (κ1) is 21.3. The number of ether oxygens (including phenoxy) is 1. The number of nitrogens with zero attached hydrogens (tertiary/aromatic N) is 3. The Hall–Kier alpha value is -3.96. The molecule has 0 aliphatic heterocycles. The van der Waals surface area contributed by atoms with Crippen molar-refractivity contribution in [1.29, 1.82) is 0 Å². The molecular weight excluding hydrogens is 434 g/mol. The molecule has 1 aliphatic rings. The predicted octanol–water partition coefficient (Wildman–Crippen LogP) is 3.37. The second kappa shape index (κ2) is 8.29. The first-order valence-electron chi connectivity index (χ1n) is 9.38. The second-order valence-electron chi connectivity index (χ2n) is 6.92. The molecule has 1 aliphatic carbocycles. The van der Waals surface area contributed by atoms with Gasteiger partial charge in [-0.2, -0.15) is 14.0 Å². The van der Waals surface area contributed by atoms with Crippen molar-refractivity contribution in [1.82, 2.24) is 24.6 Å². The molecule has 0 unspecified atom stereocenters. The van der Waals surface area contributed by atoms with Gasteiger partial charge in [0, 0.05) is 11.8 Å². The normalized spacial score (nSPS) is 13.5. The Morgan fingerprint density at radius 1 is 1.12 bits per heavy atom. The molecule has 5 rings (SSSR count). The quantitative estimate of drug-likeness (QED) is 0.467. The molecule has 1 aromatic carbocycles. The van der Waals surface area contributed by atoms with Crippen molar-refractivity contribution >= 4 is 5.65 Å². The van der Waals surface area contributed by atoms with Crippen LogP contribution in [0, 0.1) is 5.95 Å². The van der Waals surface area contributed by atoms with Gasteiger partial charge in [0.1, 0.15) is 5.75 Å². The van der Waals surface area contributed by atoms with Gasteiger partial charge in [0.25, 0.3) is 5.56 Å². The van der Waals surface area contributed by atoms with E-state index in [4.69, 9.17) is 0 Å². The minimum atomic E-state index is -4.60. The number of hydrogen-bond donors (Lipinski definition) is 2. The third-order valence-corrected chi connectivity index (χ3v) is 4.54. The van der Waals surface area contributed by atoms with Crippen LogP contribution >= 0.6 is 0 Å². The average molecular weight is 449 g/mol. The number of aromatic amines is 2. The molecular formula is C20H15F4N5O3. The first-order valence-corrected chi connectivity index (χ1v) is 9.38. The number of nitrogens with one attached hydrogen (secondary N) is 2. The largest absolute Gasteiger partial charge is 0.573 e. The van der Waals surface area contributed by atoms with E-state index >= 15 is 0 Å². The molecule has 3 heterocycles. The highest BCUT2D eigenvalue weighted by Crippen LogP contribution is 2.42. The van der Waals surface area contributed by atoms with Gasteiger partial charge in [-0.3, -0.25) is 9.78 Å². The van der Waals surface area contributed by atoms with E-state index in [1.807, 2.05) is 0 Å². The third kappa shape index (κ3) is 4.85. The lowest BCUT2D eigenvalue weighted by Crippen LogP contribution is -2.23. The fourth-order valence-corrected chi connectivity index (χ4v) is 3.01. The Labute approximate surface area is 176 Å². The molecule has 12 heteroatoms. The molecule has 166 valence electrons. The van der Waals surface area contributed by atoms with Crippen LogP contribution in [0.4, 0.5) is 17.6 Å². The number of fused-ring (bicyclic) bond motifs is 1. The summed E-state index contributed by atoms with van der Waals surface area (Å²) in [4.78, 5) is 31.5. The number of H-pyrrole nitrogens is 2. The van der Waals surface area contributed by atoms with Crippen molar-refractivity contribution in [3.63, 3.8) is 0 Å². The summed E-state index contributed by atoms with van der Waals surface area (Å²) < 4.78 is 53.0. The Bertz CT molecular complexity index is 1360. The molecule has 0 saturated heterocycles. The number of para-hydroxylation sites is 1. The van der Waals surface area contributed by atoms with Gasteiger partial charge >= 0.3 is 12.1 Å². The van der Waals surface area contributed by atoms with Crippen molar-refractivity contribution in [3.8, 4) is 17.0 Å². The molecule has 0 atom stereocenters. The number of benzene rings is 1. The van der Waals surface area contributed by atoms with Crippen LogP contribution in [0.3, 0.4) is 0 Å².